The van der Waals surface area contributed by atoms with Crippen LogP contribution in [-0.2, 0) is 11.3 Å². The Bertz CT molecular complexity index is 924. The fourth-order valence-corrected chi connectivity index (χ4v) is 4.19. The smallest absolute Gasteiger partial charge is 0.354 e. The monoisotopic (exact) mass is 362 g/mol. The minimum absolute atomic E-state index is 0.227. The van der Waals surface area contributed by atoms with Gasteiger partial charge in [0.05, 0.1) is 6.61 Å². The molecule has 3 aromatic rings. The third-order valence-electron chi connectivity index (χ3n) is 5.57. The molecular formula is C23H26N2O2. The minimum Gasteiger partial charge on any atom is -0.461 e. The number of fused-ring (bicyclic) bond motifs is 1. The second-order valence-corrected chi connectivity index (χ2v) is 7.37. The van der Waals surface area contributed by atoms with E-state index in [1.807, 2.05) is 25.1 Å². The van der Waals surface area contributed by atoms with Crippen molar-refractivity contribution in [3.63, 3.8) is 0 Å². The minimum atomic E-state index is -0.227. The van der Waals surface area contributed by atoms with Crippen LogP contribution in [0.1, 0.15) is 49.5 Å². The van der Waals surface area contributed by atoms with E-state index >= 15 is 0 Å². The highest BCUT2D eigenvalue weighted by Crippen LogP contribution is 2.31. The van der Waals surface area contributed by atoms with Gasteiger partial charge in [-0.15, -0.1) is 0 Å². The molecule has 4 rings (SSSR count). The van der Waals surface area contributed by atoms with E-state index in [9.17, 15) is 4.79 Å². The Morgan fingerprint density at radius 3 is 2.59 bits per heavy atom. The number of nitrogens with zero attached hydrogens (tertiary/aromatic N) is 2. The molecule has 0 radical (unpaired) electrons. The van der Waals surface area contributed by atoms with E-state index in [0.29, 0.717) is 18.2 Å². The molecule has 0 spiro atoms. The van der Waals surface area contributed by atoms with Crippen molar-refractivity contribution < 1.29 is 9.53 Å². The molecule has 0 bridgehead atoms. The van der Waals surface area contributed by atoms with Crippen molar-refractivity contribution in [2.45, 2.75) is 45.6 Å². The molecule has 0 aliphatic heterocycles. The Morgan fingerprint density at radius 2 is 1.85 bits per heavy atom. The summed E-state index contributed by atoms with van der Waals surface area (Å²) in [6.07, 6.45) is 10.0. The Labute approximate surface area is 160 Å². The molecule has 2 aromatic heterocycles. The average molecular weight is 362 g/mol. The van der Waals surface area contributed by atoms with Gasteiger partial charge in [0.2, 0.25) is 0 Å². The van der Waals surface area contributed by atoms with Crippen LogP contribution in [0.5, 0.6) is 0 Å². The van der Waals surface area contributed by atoms with Gasteiger partial charge in [-0.2, -0.15) is 0 Å². The summed E-state index contributed by atoms with van der Waals surface area (Å²) in [6, 6.07) is 12.4. The number of pyridine rings is 1. The molecule has 0 saturated heterocycles. The first-order valence-corrected chi connectivity index (χ1v) is 9.97. The Morgan fingerprint density at radius 1 is 1.07 bits per heavy atom. The van der Waals surface area contributed by atoms with Crippen molar-refractivity contribution in [2.24, 2.45) is 5.92 Å². The number of ether oxygens (including phenoxy) is 1. The van der Waals surface area contributed by atoms with Crippen LogP contribution in [0.4, 0.5) is 0 Å². The van der Waals surface area contributed by atoms with Gasteiger partial charge in [-0.3, -0.25) is 4.98 Å². The zero-order chi connectivity index (χ0) is 18.6. The lowest BCUT2D eigenvalue weighted by Crippen LogP contribution is -2.18. The average Bonchev–Trinajstić information content (AvgIpc) is 3.07. The lowest BCUT2D eigenvalue weighted by molar-refractivity contribution is 0.0512. The van der Waals surface area contributed by atoms with Gasteiger partial charge in [0.1, 0.15) is 5.69 Å². The lowest BCUT2D eigenvalue weighted by atomic mass is 9.89. The van der Waals surface area contributed by atoms with E-state index in [-0.39, 0.29) is 5.97 Å². The summed E-state index contributed by atoms with van der Waals surface area (Å²) in [5, 5.41) is 1.09. The highest BCUT2D eigenvalue weighted by atomic mass is 16.5. The van der Waals surface area contributed by atoms with Gasteiger partial charge in [-0.1, -0.05) is 25.3 Å². The molecule has 4 heteroatoms. The van der Waals surface area contributed by atoms with Crippen molar-refractivity contribution in [3.8, 4) is 11.1 Å². The molecule has 2 heterocycles. The van der Waals surface area contributed by atoms with Crippen molar-refractivity contribution in [1.82, 2.24) is 9.55 Å². The summed E-state index contributed by atoms with van der Waals surface area (Å²) in [5.74, 6) is 0.414. The number of benzene rings is 1. The molecule has 1 aromatic carbocycles. The molecule has 27 heavy (non-hydrogen) atoms. The highest BCUT2D eigenvalue weighted by Gasteiger charge is 2.21. The first kappa shape index (κ1) is 17.8. The zero-order valence-electron chi connectivity index (χ0n) is 15.9. The van der Waals surface area contributed by atoms with Gasteiger partial charge in [0.15, 0.2) is 0 Å². The van der Waals surface area contributed by atoms with Gasteiger partial charge < -0.3 is 9.30 Å². The third kappa shape index (κ3) is 3.75. The molecule has 0 N–H and O–H groups in total. The van der Waals surface area contributed by atoms with Crippen molar-refractivity contribution in [3.05, 3.63) is 54.5 Å². The zero-order valence-corrected chi connectivity index (χ0v) is 15.9. The van der Waals surface area contributed by atoms with Crippen LogP contribution in [-0.4, -0.2) is 22.1 Å². The Balaban J connectivity index is 1.75. The van der Waals surface area contributed by atoms with Gasteiger partial charge in [0.25, 0.3) is 0 Å². The standard InChI is InChI=1S/C23H26N2O2/c1-2-27-23(26)22-15-20-14-19(18-10-12-24-13-11-18)8-9-21(20)25(22)16-17-6-4-3-5-7-17/h8-15,17H,2-7,16H2,1H3. The number of carbonyl (C=O) groups excluding carboxylic acids is 1. The molecular weight excluding hydrogens is 336 g/mol. The number of hydrogen-bond donors (Lipinski definition) is 0. The van der Waals surface area contributed by atoms with Gasteiger partial charge in [0, 0.05) is 29.8 Å². The van der Waals surface area contributed by atoms with Crippen molar-refractivity contribution in [2.75, 3.05) is 6.61 Å². The molecule has 1 aliphatic rings. The largest absolute Gasteiger partial charge is 0.461 e. The molecule has 0 unspecified atom stereocenters. The Hall–Kier alpha value is -2.62. The lowest BCUT2D eigenvalue weighted by Gasteiger charge is -2.23. The SMILES string of the molecule is CCOC(=O)c1cc2cc(-c3ccncc3)ccc2n1CC1CCCCC1. The van der Waals surface area contributed by atoms with Crippen LogP contribution in [0.2, 0.25) is 0 Å². The van der Waals surface area contributed by atoms with Crippen LogP contribution >= 0.6 is 0 Å². The van der Waals surface area contributed by atoms with Crippen molar-refractivity contribution in [1.29, 1.82) is 0 Å². The first-order chi connectivity index (χ1) is 13.3. The summed E-state index contributed by atoms with van der Waals surface area (Å²) >= 11 is 0. The quantitative estimate of drug-likeness (QED) is 0.566. The normalized spacial score (nSPS) is 15.1. The maximum Gasteiger partial charge on any atom is 0.354 e. The second kappa shape index (κ2) is 7.95. The maximum absolute atomic E-state index is 12.6. The fourth-order valence-electron chi connectivity index (χ4n) is 4.19. The highest BCUT2D eigenvalue weighted by molar-refractivity contribution is 5.97. The summed E-state index contributed by atoms with van der Waals surface area (Å²) in [4.78, 5) is 16.7. The molecule has 0 amide bonds. The van der Waals surface area contributed by atoms with E-state index in [0.717, 1.165) is 28.6 Å². The number of esters is 1. The molecule has 1 saturated carbocycles. The van der Waals surface area contributed by atoms with E-state index < -0.39 is 0 Å². The number of aromatic nitrogens is 2. The summed E-state index contributed by atoms with van der Waals surface area (Å²) in [7, 11) is 0. The second-order valence-electron chi connectivity index (χ2n) is 7.37. The first-order valence-electron chi connectivity index (χ1n) is 9.97. The Kier molecular flexibility index (Phi) is 5.23. The predicted molar refractivity (Wildman–Crippen MR) is 108 cm³/mol. The summed E-state index contributed by atoms with van der Waals surface area (Å²) < 4.78 is 7.51. The number of rotatable bonds is 5. The van der Waals surface area contributed by atoms with E-state index in [1.54, 1.807) is 12.4 Å². The summed E-state index contributed by atoms with van der Waals surface area (Å²) in [6.45, 7) is 3.14. The molecule has 1 fully saturated rings. The molecule has 140 valence electrons. The number of hydrogen-bond acceptors (Lipinski definition) is 3. The van der Waals surface area contributed by atoms with Gasteiger partial charge in [-0.05, 0) is 67.1 Å². The van der Waals surface area contributed by atoms with E-state index in [1.165, 1.54) is 32.1 Å². The van der Waals surface area contributed by atoms with Crippen LogP contribution in [0, 0.1) is 5.92 Å². The maximum atomic E-state index is 12.6. The topological polar surface area (TPSA) is 44.1 Å². The van der Waals surface area contributed by atoms with Crippen LogP contribution in [0.15, 0.2) is 48.8 Å². The van der Waals surface area contributed by atoms with E-state index in [2.05, 4.69) is 27.8 Å². The van der Waals surface area contributed by atoms with Crippen LogP contribution in [0.25, 0.3) is 22.0 Å². The molecule has 0 atom stereocenters. The fraction of sp³-hybridized carbons (Fsp3) is 0.391. The summed E-state index contributed by atoms with van der Waals surface area (Å²) in [5.41, 5.74) is 4.05. The van der Waals surface area contributed by atoms with Gasteiger partial charge >= 0.3 is 5.97 Å². The van der Waals surface area contributed by atoms with Crippen molar-refractivity contribution >= 4 is 16.9 Å². The predicted octanol–water partition coefficient (Wildman–Crippen LogP) is 5.46. The molecule has 1 aliphatic carbocycles. The van der Waals surface area contributed by atoms with Gasteiger partial charge in [-0.25, -0.2) is 4.79 Å². The van der Waals surface area contributed by atoms with Crippen LogP contribution in [0.3, 0.4) is 0 Å². The van der Waals surface area contributed by atoms with Crippen LogP contribution < -0.4 is 0 Å². The number of carbonyl (C=O) groups is 1. The van der Waals surface area contributed by atoms with E-state index in [4.69, 9.17) is 4.74 Å². The third-order valence-corrected chi connectivity index (χ3v) is 5.57. The molecule has 4 nitrogen and oxygen atoms in total.